The first-order chi connectivity index (χ1) is 6.91. The predicted molar refractivity (Wildman–Crippen MR) is 63.1 cm³/mol. The average molecular weight is 206 g/mol. The van der Waals surface area contributed by atoms with E-state index in [0.717, 1.165) is 0 Å². The molecular formula is C13H22N2. The van der Waals surface area contributed by atoms with Crippen LogP contribution in [0.15, 0.2) is 6.20 Å². The van der Waals surface area contributed by atoms with Crippen LogP contribution in [0.5, 0.6) is 0 Å². The molecule has 0 radical (unpaired) electrons. The minimum Gasteiger partial charge on any atom is -0.267 e. The average Bonchev–Trinajstić information content (AvgIpc) is 2.45. The zero-order valence-corrected chi connectivity index (χ0v) is 10.5. The lowest BCUT2D eigenvalue weighted by molar-refractivity contribution is 0.276. The predicted octanol–water partition coefficient (Wildman–Crippen LogP) is 3.54. The van der Waals surface area contributed by atoms with Crippen molar-refractivity contribution in [3.05, 3.63) is 17.5 Å². The lowest BCUT2D eigenvalue weighted by Gasteiger charge is -2.34. The third-order valence-electron chi connectivity index (χ3n) is 3.46. The number of rotatable bonds is 1. The standard InChI is InChI=1S/C13H22N2/c1-9(2)15-12-7-13(4,5)6-10(3)11(12)8-14-15/h8-10H,6-7H2,1-5H3/t10-/m0/s1. The molecule has 15 heavy (non-hydrogen) atoms. The smallest absolute Gasteiger partial charge is 0.0527 e. The molecular weight excluding hydrogens is 184 g/mol. The van der Waals surface area contributed by atoms with E-state index in [1.165, 1.54) is 24.1 Å². The quantitative estimate of drug-likeness (QED) is 0.687. The van der Waals surface area contributed by atoms with E-state index in [-0.39, 0.29) is 0 Å². The van der Waals surface area contributed by atoms with Gasteiger partial charge in [0, 0.05) is 11.7 Å². The molecule has 0 aliphatic heterocycles. The number of hydrogen-bond donors (Lipinski definition) is 0. The molecule has 1 heterocycles. The van der Waals surface area contributed by atoms with E-state index in [4.69, 9.17) is 0 Å². The Balaban J connectivity index is 2.45. The molecule has 0 aromatic carbocycles. The van der Waals surface area contributed by atoms with Crippen molar-refractivity contribution in [3.63, 3.8) is 0 Å². The van der Waals surface area contributed by atoms with Crippen LogP contribution in [0.3, 0.4) is 0 Å². The van der Waals surface area contributed by atoms with Gasteiger partial charge in [-0.1, -0.05) is 20.8 Å². The molecule has 0 spiro atoms. The van der Waals surface area contributed by atoms with Crippen LogP contribution in [0, 0.1) is 5.41 Å². The summed E-state index contributed by atoms with van der Waals surface area (Å²) in [5.41, 5.74) is 3.37. The van der Waals surface area contributed by atoms with Crippen LogP contribution in [0.25, 0.3) is 0 Å². The van der Waals surface area contributed by atoms with Gasteiger partial charge in [-0.05, 0) is 43.6 Å². The van der Waals surface area contributed by atoms with Crippen molar-refractivity contribution in [1.29, 1.82) is 0 Å². The van der Waals surface area contributed by atoms with Crippen LogP contribution >= 0.6 is 0 Å². The molecule has 1 aliphatic carbocycles. The van der Waals surface area contributed by atoms with Gasteiger partial charge >= 0.3 is 0 Å². The van der Waals surface area contributed by atoms with Gasteiger partial charge < -0.3 is 0 Å². The molecule has 2 rings (SSSR count). The molecule has 0 N–H and O–H groups in total. The van der Waals surface area contributed by atoms with Crippen molar-refractivity contribution < 1.29 is 0 Å². The van der Waals surface area contributed by atoms with E-state index in [2.05, 4.69) is 50.6 Å². The van der Waals surface area contributed by atoms with Gasteiger partial charge in [-0.25, -0.2) is 0 Å². The highest BCUT2D eigenvalue weighted by molar-refractivity contribution is 5.27. The summed E-state index contributed by atoms with van der Waals surface area (Å²) in [6.45, 7) is 11.5. The number of hydrogen-bond acceptors (Lipinski definition) is 1. The molecule has 84 valence electrons. The first kappa shape index (κ1) is 10.7. The highest BCUT2D eigenvalue weighted by Gasteiger charge is 2.32. The second-order valence-electron chi connectivity index (χ2n) is 6.03. The van der Waals surface area contributed by atoms with Crippen LogP contribution in [-0.4, -0.2) is 9.78 Å². The van der Waals surface area contributed by atoms with Gasteiger partial charge in [-0.2, -0.15) is 5.10 Å². The van der Waals surface area contributed by atoms with Crippen molar-refractivity contribution in [1.82, 2.24) is 9.78 Å². The Morgan fingerprint density at radius 2 is 2.13 bits per heavy atom. The summed E-state index contributed by atoms with van der Waals surface area (Å²) in [6.07, 6.45) is 4.53. The van der Waals surface area contributed by atoms with Gasteiger partial charge in [0.2, 0.25) is 0 Å². The maximum Gasteiger partial charge on any atom is 0.0527 e. The SMILES string of the molecule is CC(C)n1ncc2c1CC(C)(C)C[C@@H]2C. The summed E-state index contributed by atoms with van der Waals surface area (Å²) >= 11 is 0. The van der Waals surface area contributed by atoms with E-state index >= 15 is 0 Å². The summed E-state index contributed by atoms with van der Waals surface area (Å²) in [5, 5.41) is 4.53. The Labute approximate surface area is 92.7 Å². The molecule has 1 atom stereocenters. The Bertz CT molecular complexity index is 347. The van der Waals surface area contributed by atoms with Gasteiger partial charge in [0.05, 0.1) is 6.20 Å². The van der Waals surface area contributed by atoms with Crippen LogP contribution in [-0.2, 0) is 6.42 Å². The lowest BCUT2D eigenvalue weighted by atomic mass is 9.72. The molecule has 0 unspecified atom stereocenters. The highest BCUT2D eigenvalue weighted by Crippen LogP contribution is 2.42. The molecule has 1 aromatic rings. The van der Waals surface area contributed by atoms with Crippen LogP contribution in [0.1, 0.15) is 64.3 Å². The molecule has 0 bridgehead atoms. The van der Waals surface area contributed by atoms with Gasteiger partial charge in [0.1, 0.15) is 0 Å². The van der Waals surface area contributed by atoms with Crippen molar-refractivity contribution in [2.24, 2.45) is 5.41 Å². The summed E-state index contributed by atoms with van der Waals surface area (Å²) in [5.74, 6) is 0.663. The van der Waals surface area contributed by atoms with Gasteiger partial charge in [0.15, 0.2) is 0 Å². The van der Waals surface area contributed by atoms with E-state index in [9.17, 15) is 0 Å². The second-order valence-corrected chi connectivity index (χ2v) is 6.03. The van der Waals surface area contributed by atoms with E-state index in [1.54, 1.807) is 0 Å². The fourth-order valence-electron chi connectivity index (χ4n) is 2.90. The Morgan fingerprint density at radius 3 is 2.73 bits per heavy atom. The second kappa shape index (κ2) is 3.36. The lowest BCUT2D eigenvalue weighted by Crippen LogP contribution is -2.26. The maximum absolute atomic E-state index is 4.53. The van der Waals surface area contributed by atoms with Crippen LogP contribution in [0.4, 0.5) is 0 Å². The third kappa shape index (κ3) is 1.82. The Kier molecular flexibility index (Phi) is 2.40. The molecule has 0 amide bonds. The fourth-order valence-corrected chi connectivity index (χ4v) is 2.90. The summed E-state index contributed by atoms with van der Waals surface area (Å²) in [6, 6.07) is 0.481. The zero-order chi connectivity index (χ0) is 11.2. The largest absolute Gasteiger partial charge is 0.267 e. The van der Waals surface area contributed by atoms with Crippen molar-refractivity contribution >= 4 is 0 Å². The topological polar surface area (TPSA) is 17.8 Å². The monoisotopic (exact) mass is 206 g/mol. The molecule has 1 aliphatic rings. The third-order valence-corrected chi connectivity index (χ3v) is 3.46. The summed E-state index contributed by atoms with van der Waals surface area (Å²) in [4.78, 5) is 0. The molecule has 0 fully saturated rings. The maximum atomic E-state index is 4.53. The molecule has 0 saturated heterocycles. The van der Waals surface area contributed by atoms with Gasteiger partial charge in [-0.15, -0.1) is 0 Å². The number of aromatic nitrogens is 2. The zero-order valence-electron chi connectivity index (χ0n) is 10.5. The van der Waals surface area contributed by atoms with Crippen molar-refractivity contribution in [2.45, 2.75) is 59.4 Å². The normalized spacial score (nSPS) is 24.3. The molecule has 2 heteroatoms. The minimum absolute atomic E-state index is 0.430. The molecule has 1 aromatic heterocycles. The Hall–Kier alpha value is -0.790. The van der Waals surface area contributed by atoms with E-state index in [0.29, 0.717) is 17.4 Å². The van der Waals surface area contributed by atoms with E-state index < -0.39 is 0 Å². The van der Waals surface area contributed by atoms with Gasteiger partial charge in [0.25, 0.3) is 0 Å². The van der Waals surface area contributed by atoms with Gasteiger partial charge in [-0.3, -0.25) is 4.68 Å². The van der Waals surface area contributed by atoms with Crippen LogP contribution < -0.4 is 0 Å². The number of nitrogens with zero attached hydrogens (tertiary/aromatic N) is 2. The van der Waals surface area contributed by atoms with E-state index in [1.807, 2.05) is 0 Å². The first-order valence-corrected chi connectivity index (χ1v) is 5.97. The highest BCUT2D eigenvalue weighted by atomic mass is 15.3. The molecule has 0 saturated carbocycles. The molecule has 2 nitrogen and oxygen atoms in total. The fraction of sp³-hybridized carbons (Fsp3) is 0.769. The van der Waals surface area contributed by atoms with Crippen molar-refractivity contribution in [2.75, 3.05) is 0 Å². The number of fused-ring (bicyclic) bond motifs is 1. The summed E-state index contributed by atoms with van der Waals surface area (Å²) < 4.78 is 2.20. The minimum atomic E-state index is 0.430. The summed E-state index contributed by atoms with van der Waals surface area (Å²) in [7, 11) is 0. The Morgan fingerprint density at radius 1 is 1.47 bits per heavy atom. The van der Waals surface area contributed by atoms with Crippen LogP contribution in [0.2, 0.25) is 0 Å². The van der Waals surface area contributed by atoms with Crippen molar-refractivity contribution in [3.8, 4) is 0 Å². The first-order valence-electron chi connectivity index (χ1n) is 5.97.